The van der Waals surface area contributed by atoms with E-state index in [-0.39, 0.29) is 30.2 Å². The topological polar surface area (TPSA) is 49.4 Å². The van der Waals surface area contributed by atoms with Crippen molar-refractivity contribution in [2.24, 2.45) is 0 Å². The molecule has 1 N–H and O–H groups in total. The lowest BCUT2D eigenvalue weighted by atomic mass is 10.1. The summed E-state index contributed by atoms with van der Waals surface area (Å²) in [4.78, 5) is 28.7. The number of rotatable bonds is 9. The molecule has 0 fully saturated rings. The molecule has 30 heavy (non-hydrogen) atoms. The molecule has 4 nitrogen and oxygen atoms in total. The van der Waals surface area contributed by atoms with Crippen LogP contribution in [0.3, 0.4) is 0 Å². The van der Waals surface area contributed by atoms with Gasteiger partial charge in [-0.2, -0.15) is 0 Å². The molecule has 0 spiro atoms. The van der Waals surface area contributed by atoms with Crippen LogP contribution in [0.25, 0.3) is 0 Å². The molecule has 1 unspecified atom stereocenters. The van der Waals surface area contributed by atoms with Gasteiger partial charge in [-0.25, -0.2) is 0 Å². The fourth-order valence-electron chi connectivity index (χ4n) is 3.02. The van der Waals surface area contributed by atoms with Crippen LogP contribution in [-0.2, 0) is 16.1 Å². The summed E-state index contributed by atoms with van der Waals surface area (Å²) in [6, 6.07) is 12.6. The summed E-state index contributed by atoms with van der Waals surface area (Å²) in [6.45, 7) is 7.89. The van der Waals surface area contributed by atoms with Crippen molar-refractivity contribution in [2.75, 3.05) is 5.75 Å². The molecule has 0 saturated heterocycles. The first-order valence-corrected chi connectivity index (χ1v) is 11.7. The standard InChI is InChI=1S/C23H28Cl2N2O2S/c1-5-21(23(29)26-15(2)3)27(13-18-19(24)7-6-8-20(18)25)22(28)14-30-17-11-9-16(4)10-12-17/h6-12,15,21H,5,13-14H2,1-4H3,(H,26,29). The van der Waals surface area contributed by atoms with E-state index in [1.165, 1.54) is 11.8 Å². The van der Waals surface area contributed by atoms with Gasteiger partial charge >= 0.3 is 0 Å². The van der Waals surface area contributed by atoms with Crippen molar-refractivity contribution in [2.45, 2.75) is 57.6 Å². The van der Waals surface area contributed by atoms with Crippen molar-refractivity contribution >= 4 is 46.8 Å². The van der Waals surface area contributed by atoms with Crippen LogP contribution in [0.2, 0.25) is 10.0 Å². The van der Waals surface area contributed by atoms with Gasteiger partial charge in [-0.1, -0.05) is 53.9 Å². The highest BCUT2D eigenvalue weighted by Crippen LogP contribution is 2.28. The molecule has 0 heterocycles. The van der Waals surface area contributed by atoms with E-state index in [1.54, 1.807) is 23.1 Å². The molecular weight excluding hydrogens is 439 g/mol. The molecule has 2 amide bonds. The van der Waals surface area contributed by atoms with Crippen molar-refractivity contribution in [3.05, 3.63) is 63.6 Å². The Morgan fingerprint density at radius 2 is 1.67 bits per heavy atom. The van der Waals surface area contributed by atoms with Gasteiger partial charge in [-0.3, -0.25) is 9.59 Å². The number of thioether (sulfide) groups is 1. The summed E-state index contributed by atoms with van der Waals surface area (Å²) in [5.74, 6) is -0.0944. The summed E-state index contributed by atoms with van der Waals surface area (Å²) >= 11 is 14.1. The fourth-order valence-corrected chi connectivity index (χ4v) is 4.32. The predicted molar refractivity (Wildman–Crippen MR) is 126 cm³/mol. The van der Waals surface area contributed by atoms with E-state index in [4.69, 9.17) is 23.2 Å². The molecule has 0 aliphatic rings. The molecule has 0 saturated carbocycles. The average molecular weight is 467 g/mol. The first-order valence-electron chi connectivity index (χ1n) is 9.95. The van der Waals surface area contributed by atoms with Gasteiger partial charge in [-0.15, -0.1) is 11.8 Å². The highest BCUT2D eigenvalue weighted by atomic mass is 35.5. The zero-order valence-corrected chi connectivity index (χ0v) is 20.1. The Kier molecular flexibility index (Phi) is 9.53. The van der Waals surface area contributed by atoms with Crippen molar-refractivity contribution in [3.8, 4) is 0 Å². The average Bonchev–Trinajstić information content (AvgIpc) is 2.68. The highest BCUT2D eigenvalue weighted by molar-refractivity contribution is 8.00. The number of halogens is 2. The maximum absolute atomic E-state index is 13.2. The van der Waals surface area contributed by atoms with Crippen LogP contribution in [0.4, 0.5) is 0 Å². The van der Waals surface area contributed by atoms with Crippen molar-refractivity contribution < 1.29 is 9.59 Å². The number of amides is 2. The Morgan fingerprint density at radius 1 is 1.07 bits per heavy atom. The molecule has 0 aliphatic heterocycles. The Hall–Kier alpha value is -1.69. The summed E-state index contributed by atoms with van der Waals surface area (Å²) in [5.41, 5.74) is 1.81. The molecule has 2 rings (SSSR count). The molecule has 0 aromatic heterocycles. The second kappa shape index (κ2) is 11.6. The van der Waals surface area contributed by atoms with Gasteiger partial charge in [-0.05, 0) is 51.5 Å². The van der Waals surface area contributed by atoms with Crippen molar-refractivity contribution in [3.63, 3.8) is 0 Å². The Labute approximate surface area is 193 Å². The van der Waals surface area contributed by atoms with E-state index < -0.39 is 6.04 Å². The van der Waals surface area contributed by atoms with Gasteiger partial charge in [0.05, 0.1) is 5.75 Å². The number of hydrogen-bond acceptors (Lipinski definition) is 3. The minimum absolute atomic E-state index is 0.0191. The quantitative estimate of drug-likeness (QED) is 0.480. The van der Waals surface area contributed by atoms with Crippen LogP contribution in [0.15, 0.2) is 47.4 Å². The van der Waals surface area contributed by atoms with Crippen LogP contribution in [0.5, 0.6) is 0 Å². The second-order valence-corrected chi connectivity index (χ2v) is 9.27. The van der Waals surface area contributed by atoms with Crippen LogP contribution in [-0.4, -0.2) is 34.6 Å². The zero-order valence-electron chi connectivity index (χ0n) is 17.7. The van der Waals surface area contributed by atoms with Crippen LogP contribution < -0.4 is 5.32 Å². The zero-order chi connectivity index (χ0) is 22.3. The molecule has 2 aromatic carbocycles. The smallest absolute Gasteiger partial charge is 0.243 e. The van der Waals surface area contributed by atoms with Gasteiger partial charge in [0.2, 0.25) is 11.8 Å². The van der Waals surface area contributed by atoms with Crippen molar-refractivity contribution in [1.82, 2.24) is 10.2 Å². The first-order chi connectivity index (χ1) is 14.2. The molecular formula is C23H28Cl2N2O2S. The molecule has 2 aromatic rings. The Balaban J connectivity index is 2.27. The van der Waals surface area contributed by atoms with E-state index in [0.29, 0.717) is 22.0 Å². The van der Waals surface area contributed by atoms with Crippen LogP contribution >= 0.6 is 35.0 Å². The molecule has 0 radical (unpaired) electrons. The van der Waals surface area contributed by atoms with E-state index in [0.717, 1.165) is 10.5 Å². The third-order valence-electron chi connectivity index (χ3n) is 4.59. The molecule has 0 bridgehead atoms. The number of carbonyl (C=O) groups is 2. The maximum Gasteiger partial charge on any atom is 0.243 e. The van der Waals surface area contributed by atoms with Gasteiger partial charge in [0.15, 0.2) is 0 Å². The van der Waals surface area contributed by atoms with E-state index in [2.05, 4.69) is 5.32 Å². The third kappa shape index (κ3) is 6.93. The Morgan fingerprint density at radius 3 is 2.20 bits per heavy atom. The van der Waals surface area contributed by atoms with Gasteiger partial charge in [0.1, 0.15) is 6.04 Å². The minimum Gasteiger partial charge on any atom is -0.352 e. The van der Waals surface area contributed by atoms with Gasteiger partial charge in [0.25, 0.3) is 0 Å². The number of hydrogen-bond donors (Lipinski definition) is 1. The number of nitrogens with one attached hydrogen (secondary N) is 1. The van der Waals surface area contributed by atoms with E-state index >= 15 is 0 Å². The Bertz CT molecular complexity index is 852. The lowest BCUT2D eigenvalue weighted by Gasteiger charge is -2.31. The van der Waals surface area contributed by atoms with Crippen LogP contribution in [0, 0.1) is 6.92 Å². The molecule has 162 valence electrons. The summed E-state index contributed by atoms with van der Waals surface area (Å²) in [5, 5.41) is 3.87. The fraction of sp³-hybridized carbons (Fsp3) is 0.391. The molecule has 1 atom stereocenters. The highest BCUT2D eigenvalue weighted by Gasteiger charge is 2.30. The predicted octanol–water partition coefficient (Wildman–Crippen LogP) is 5.73. The van der Waals surface area contributed by atoms with Crippen molar-refractivity contribution in [1.29, 1.82) is 0 Å². The SMILES string of the molecule is CCC(C(=O)NC(C)C)N(Cc1c(Cl)cccc1Cl)C(=O)CSc1ccc(C)cc1. The third-order valence-corrected chi connectivity index (χ3v) is 6.30. The van der Waals surface area contributed by atoms with Crippen LogP contribution in [0.1, 0.15) is 38.3 Å². The minimum atomic E-state index is -0.606. The summed E-state index contributed by atoms with van der Waals surface area (Å²) < 4.78 is 0. The van der Waals surface area contributed by atoms with E-state index in [9.17, 15) is 9.59 Å². The van der Waals surface area contributed by atoms with Gasteiger partial charge < -0.3 is 10.2 Å². The maximum atomic E-state index is 13.2. The van der Waals surface area contributed by atoms with E-state index in [1.807, 2.05) is 52.0 Å². The largest absolute Gasteiger partial charge is 0.352 e. The normalized spacial score (nSPS) is 12.0. The lowest BCUT2D eigenvalue weighted by Crippen LogP contribution is -2.51. The second-order valence-electron chi connectivity index (χ2n) is 7.41. The number of aryl methyl sites for hydroxylation is 1. The monoisotopic (exact) mass is 466 g/mol. The first kappa shape index (κ1) is 24.6. The summed E-state index contributed by atoms with van der Waals surface area (Å²) in [6.07, 6.45) is 0.488. The molecule has 0 aliphatic carbocycles. The lowest BCUT2D eigenvalue weighted by molar-refractivity contribution is -0.139. The molecule has 7 heteroatoms. The number of nitrogens with zero attached hydrogens (tertiary/aromatic N) is 1. The summed E-state index contributed by atoms with van der Waals surface area (Å²) in [7, 11) is 0. The number of benzene rings is 2. The number of carbonyl (C=O) groups excluding carboxylic acids is 2. The van der Waals surface area contributed by atoms with Gasteiger partial charge in [0, 0.05) is 33.1 Å².